The Morgan fingerprint density at radius 1 is 1.21 bits per heavy atom. The molecular formula is C14H25N3O2. The van der Waals surface area contributed by atoms with E-state index >= 15 is 0 Å². The number of nitrogens with one attached hydrogen (secondary N) is 1. The molecule has 108 valence electrons. The molecule has 0 saturated carbocycles. The van der Waals surface area contributed by atoms with Gasteiger partial charge in [-0.25, -0.2) is 4.79 Å². The van der Waals surface area contributed by atoms with Crippen LogP contribution in [-0.2, 0) is 4.79 Å². The highest BCUT2D eigenvalue weighted by molar-refractivity contribution is 6.02. The SMILES string of the molecule is CCCCN(C=CCN1C(=O)CNC1=O)CCCC. The number of amides is 3. The van der Waals surface area contributed by atoms with Crippen LogP contribution in [0.15, 0.2) is 12.3 Å². The number of hydrogen-bond donors (Lipinski definition) is 1. The summed E-state index contributed by atoms with van der Waals surface area (Å²) in [7, 11) is 0. The van der Waals surface area contributed by atoms with Gasteiger partial charge in [0.1, 0.15) is 0 Å². The molecule has 1 N–H and O–H groups in total. The summed E-state index contributed by atoms with van der Waals surface area (Å²) in [4.78, 5) is 26.3. The summed E-state index contributed by atoms with van der Waals surface area (Å²) in [5.41, 5.74) is 0. The highest BCUT2D eigenvalue weighted by Crippen LogP contribution is 2.02. The fourth-order valence-electron chi connectivity index (χ4n) is 1.92. The molecule has 1 saturated heterocycles. The van der Waals surface area contributed by atoms with Gasteiger partial charge in [-0.05, 0) is 25.1 Å². The van der Waals surface area contributed by atoms with Crippen molar-refractivity contribution in [3.8, 4) is 0 Å². The predicted octanol–water partition coefficient (Wildman–Crippen LogP) is 1.95. The molecule has 1 rings (SSSR count). The van der Waals surface area contributed by atoms with Crippen LogP contribution in [0.5, 0.6) is 0 Å². The van der Waals surface area contributed by atoms with Crippen molar-refractivity contribution in [3.05, 3.63) is 12.3 Å². The summed E-state index contributed by atoms with van der Waals surface area (Å²) in [6, 6.07) is -0.289. The first-order valence-electron chi connectivity index (χ1n) is 7.18. The maximum atomic E-state index is 11.4. The lowest BCUT2D eigenvalue weighted by molar-refractivity contribution is -0.124. The number of hydrogen-bond acceptors (Lipinski definition) is 3. The maximum Gasteiger partial charge on any atom is 0.324 e. The summed E-state index contributed by atoms with van der Waals surface area (Å²) >= 11 is 0. The maximum absolute atomic E-state index is 11.4. The molecule has 0 aliphatic carbocycles. The van der Waals surface area contributed by atoms with Crippen molar-refractivity contribution < 1.29 is 9.59 Å². The van der Waals surface area contributed by atoms with Crippen LogP contribution in [0.4, 0.5) is 4.79 Å². The van der Waals surface area contributed by atoms with Gasteiger partial charge >= 0.3 is 6.03 Å². The van der Waals surface area contributed by atoms with E-state index in [4.69, 9.17) is 0 Å². The first kappa shape index (κ1) is 15.5. The Morgan fingerprint density at radius 3 is 2.32 bits per heavy atom. The Balaban J connectivity index is 2.40. The van der Waals surface area contributed by atoms with Crippen LogP contribution in [0, 0.1) is 0 Å². The number of nitrogens with zero attached hydrogens (tertiary/aromatic N) is 2. The van der Waals surface area contributed by atoms with Crippen molar-refractivity contribution in [2.24, 2.45) is 0 Å². The average molecular weight is 267 g/mol. The Hall–Kier alpha value is -1.52. The van der Waals surface area contributed by atoms with Crippen LogP contribution in [0.1, 0.15) is 39.5 Å². The van der Waals surface area contributed by atoms with Crippen molar-refractivity contribution in [2.45, 2.75) is 39.5 Å². The van der Waals surface area contributed by atoms with E-state index < -0.39 is 0 Å². The molecule has 3 amide bonds. The summed E-state index contributed by atoms with van der Waals surface area (Å²) < 4.78 is 0. The minimum absolute atomic E-state index is 0.127. The minimum Gasteiger partial charge on any atom is -0.378 e. The largest absolute Gasteiger partial charge is 0.378 e. The number of carbonyl (C=O) groups is 2. The Bertz CT molecular complexity index is 305. The molecule has 0 radical (unpaired) electrons. The standard InChI is InChI=1S/C14H25N3O2/c1-3-5-8-16(9-6-4-2)10-7-11-17-13(18)12-15-14(17)19/h7,10H,3-6,8-9,11-12H2,1-2H3,(H,15,19). The molecule has 0 aromatic carbocycles. The second-order valence-electron chi connectivity index (χ2n) is 4.79. The topological polar surface area (TPSA) is 52.6 Å². The molecule has 0 aromatic rings. The molecule has 0 spiro atoms. The van der Waals surface area contributed by atoms with Gasteiger partial charge in [-0.2, -0.15) is 0 Å². The Kier molecular flexibility index (Phi) is 7.00. The molecule has 0 unspecified atom stereocenters. The zero-order valence-electron chi connectivity index (χ0n) is 12.0. The van der Waals surface area contributed by atoms with Crippen LogP contribution < -0.4 is 5.32 Å². The van der Waals surface area contributed by atoms with E-state index in [1.165, 1.54) is 17.7 Å². The molecular weight excluding hydrogens is 242 g/mol. The van der Waals surface area contributed by atoms with Crippen molar-refractivity contribution in [1.29, 1.82) is 0 Å². The molecule has 5 heteroatoms. The van der Waals surface area contributed by atoms with Crippen molar-refractivity contribution in [3.63, 3.8) is 0 Å². The molecule has 5 nitrogen and oxygen atoms in total. The molecule has 1 fully saturated rings. The average Bonchev–Trinajstić information content (AvgIpc) is 2.72. The van der Waals surface area contributed by atoms with Crippen LogP contribution in [0.25, 0.3) is 0 Å². The first-order valence-corrected chi connectivity index (χ1v) is 7.18. The lowest BCUT2D eigenvalue weighted by atomic mass is 10.3. The third kappa shape index (κ3) is 5.32. The fourth-order valence-corrected chi connectivity index (χ4v) is 1.92. The molecule has 0 aromatic heterocycles. The molecule has 0 atom stereocenters. The van der Waals surface area contributed by atoms with Gasteiger partial charge in [0.25, 0.3) is 0 Å². The minimum atomic E-state index is -0.289. The van der Waals surface area contributed by atoms with Crippen LogP contribution >= 0.6 is 0 Å². The molecule has 1 heterocycles. The number of unbranched alkanes of at least 4 members (excludes halogenated alkanes) is 2. The second kappa shape index (κ2) is 8.56. The molecule has 0 bridgehead atoms. The van der Waals surface area contributed by atoms with E-state index in [1.807, 2.05) is 12.3 Å². The summed E-state index contributed by atoms with van der Waals surface area (Å²) in [6.45, 7) is 6.91. The van der Waals surface area contributed by atoms with Gasteiger partial charge in [-0.1, -0.05) is 26.7 Å². The van der Waals surface area contributed by atoms with Gasteiger partial charge < -0.3 is 10.2 Å². The number of carbonyl (C=O) groups excluding carboxylic acids is 2. The Morgan fingerprint density at radius 2 is 1.84 bits per heavy atom. The first-order chi connectivity index (χ1) is 9.19. The third-order valence-corrected chi connectivity index (χ3v) is 3.14. The quantitative estimate of drug-likeness (QED) is 0.650. The fraction of sp³-hybridized carbons (Fsp3) is 0.714. The van der Waals surface area contributed by atoms with Crippen molar-refractivity contribution >= 4 is 11.9 Å². The Labute approximate surface area is 115 Å². The zero-order valence-corrected chi connectivity index (χ0v) is 12.0. The van der Waals surface area contributed by atoms with E-state index in [1.54, 1.807) is 0 Å². The van der Waals surface area contributed by atoms with Crippen molar-refractivity contribution in [1.82, 2.24) is 15.1 Å². The smallest absolute Gasteiger partial charge is 0.324 e. The van der Waals surface area contributed by atoms with Gasteiger partial charge in [0.2, 0.25) is 5.91 Å². The number of imide groups is 1. The third-order valence-electron chi connectivity index (χ3n) is 3.14. The van der Waals surface area contributed by atoms with E-state index in [-0.39, 0.29) is 18.5 Å². The van der Waals surface area contributed by atoms with E-state index in [0.29, 0.717) is 6.54 Å². The number of rotatable bonds is 9. The second-order valence-corrected chi connectivity index (χ2v) is 4.79. The lowest BCUT2D eigenvalue weighted by Gasteiger charge is -2.20. The van der Waals surface area contributed by atoms with E-state index in [9.17, 15) is 9.59 Å². The normalized spacial score (nSPS) is 15.4. The van der Waals surface area contributed by atoms with Gasteiger partial charge in [0.05, 0.1) is 13.1 Å². The van der Waals surface area contributed by atoms with Gasteiger partial charge in [0, 0.05) is 13.1 Å². The molecule has 19 heavy (non-hydrogen) atoms. The van der Waals surface area contributed by atoms with Gasteiger partial charge in [-0.15, -0.1) is 0 Å². The molecule has 1 aliphatic heterocycles. The van der Waals surface area contributed by atoms with Crippen LogP contribution in [0.3, 0.4) is 0 Å². The summed E-state index contributed by atoms with van der Waals surface area (Å²) in [6.07, 6.45) is 8.58. The van der Waals surface area contributed by atoms with Crippen LogP contribution in [-0.4, -0.2) is 47.9 Å². The van der Waals surface area contributed by atoms with Crippen molar-refractivity contribution in [2.75, 3.05) is 26.2 Å². The highest BCUT2D eigenvalue weighted by Gasteiger charge is 2.26. The molecule has 1 aliphatic rings. The monoisotopic (exact) mass is 267 g/mol. The van der Waals surface area contributed by atoms with Crippen LogP contribution in [0.2, 0.25) is 0 Å². The van der Waals surface area contributed by atoms with Gasteiger partial charge in [-0.3, -0.25) is 9.69 Å². The summed E-state index contributed by atoms with van der Waals surface area (Å²) in [5, 5.41) is 2.52. The number of urea groups is 1. The van der Waals surface area contributed by atoms with E-state index in [2.05, 4.69) is 24.1 Å². The van der Waals surface area contributed by atoms with E-state index in [0.717, 1.165) is 25.9 Å². The van der Waals surface area contributed by atoms with Gasteiger partial charge in [0.15, 0.2) is 0 Å². The zero-order chi connectivity index (χ0) is 14.1. The highest BCUT2D eigenvalue weighted by atomic mass is 16.2. The lowest BCUT2D eigenvalue weighted by Crippen LogP contribution is -2.31. The summed E-state index contributed by atoms with van der Waals surface area (Å²) in [5.74, 6) is -0.150. The predicted molar refractivity (Wildman–Crippen MR) is 75.6 cm³/mol.